The van der Waals surface area contributed by atoms with E-state index >= 15 is 0 Å². The maximum Gasteiger partial charge on any atom is 0.263 e. The van der Waals surface area contributed by atoms with Crippen molar-refractivity contribution in [1.82, 2.24) is 10.3 Å². The lowest BCUT2D eigenvalue weighted by atomic mass is 10.2. The fourth-order valence-corrected chi connectivity index (χ4v) is 2.54. The van der Waals surface area contributed by atoms with Gasteiger partial charge in [-0.1, -0.05) is 6.92 Å². The molecule has 0 radical (unpaired) electrons. The Balaban J connectivity index is 1.86. The van der Waals surface area contributed by atoms with Gasteiger partial charge in [0, 0.05) is 0 Å². The van der Waals surface area contributed by atoms with Gasteiger partial charge < -0.3 is 14.8 Å². The summed E-state index contributed by atoms with van der Waals surface area (Å²) in [6, 6.07) is 3.36. The molecule has 1 atom stereocenters. The molecule has 2 N–H and O–H groups in total. The number of aliphatic hydroxyl groups excluding tert-OH is 1. The van der Waals surface area contributed by atoms with Gasteiger partial charge in [0.15, 0.2) is 0 Å². The molecule has 0 fully saturated rings. The zero-order valence-corrected chi connectivity index (χ0v) is 11.4. The van der Waals surface area contributed by atoms with Crippen LogP contribution < -0.4 is 5.32 Å². The van der Waals surface area contributed by atoms with E-state index in [-0.39, 0.29) is 12.5 Å². The van der Waals surface area contributed by atoms with E-state index in [4.69, 9.17) is 4.42 Å². The number of furan rings is 1. The van der Waals surface area contributed by atoms with Crippen molar-refractivity contribution < 1.29 is 14.3 Å². The molecule has 0 aliphatic heterocycles. The highest BCUT2D eigenvalue weighted by Crippen LogP contribution is 2.15. The number of carbonyl (C=O) groups is 1. The summed E-state index contributed by atoms with van der Waals surface area (Å²) >= 11 is 1.39. The van der Waals surface area contributed by atoms with Crippen LogP contribution in [0.5, 0.6) is 0 Å². The average Bonchev–Trinajstić information content (AvgIpc) is 3.06. The normalized spacial score (nSPS) is 12.3. The van der Waals surface area contributed by atoms with Crippen molar-refractivity contribution in [1.29, 1.82) is 0 Å². The van der Waals surface area contributed by atoms with E-state index in [0.717, 1.165) is 17.8 Å². The minimum atomic E-state index is -0.831. The van der Waals surface area contributed by atoms with Crippen LogP contribution in [-0.4, -0.2) is 22.5 Å². The fourth-order valence-electron chi connectivity index (χ4n) is 1.60. The number of aliphatic hydroxyl groups is 1. The number of aryl methyl sites for hydroxylation is 1. The molecule has 2 aromatic rings. The second-order valence-electron chi connectivity index (χ2n) is 4.11. The summed E-state index contributed by atoms with van der Waals surface area (Å²) in [5.41, 5.74) is 0. The van der Waals surface area contributed by atoms with Crippen molar-refractivity contribution in [3.8, 4) is 0 Å². The number of rotatable bonds is 6. The Kier molecular flexibility index (Phi) is 4.70. The quantitative estimate of drug-likeness (QED) is 0.850. The summed E-state index contributed by atoms with van der Waals surface area (Å²) in [6.07, 6.45) is 4.12. The Bertz CT molecular complexity index is 522. The SMILES string of the molecule is CCCc1ncc(C(=O)NCC(O)c2ccco2)s1. The molecule has 2 heterocycles. The van der Waals surface area contributed by atoms with Crippen molar-refractivity contribution in [2.75, 3.05) is 6.54 Å². The van der Waals surface area contributed by atoms with Crippen LogP contribution >= 0.6 is 11.3 Å². The van der Waals surface area contributed by atoms with Gasteiger partial charge in [-0.25, -0.2) is 4.98 Å². The lowest BCUT2D eigenvalue weighted by molar-refractivity contribution is 0.0905. The molecule has 6 heteroatoms. The van der Waals surface area contributed by atoms with Crippen LogP contribution in [0.1, 0.15) is 39.9 Å². The topological polar surface area (TPSA) is 75.4 Å². The second-order valence-corrected chi connectivity index (χ2v) is 5.22. The number of nitrogens with one attached hydrogen (secondary N) is 1. The van der Waals surface area contributed by atoms with Gasteiger partial charge >= 0.3 is 0 Å². The largest absolute Gasteiger partial charge is 0.467 e. The molecule has 0 saturated heterocycles. The first kappa shape index (κ1) is 13.8. The molecule has 0 aliphatic carbocycles. The smallest absolute Gasteiger partial charge is 0.263 e. The Hall–Kier alpha value is -1.66. The molecule has 19 heavy (non-hydrogen) atoms. The number of carbonyl (C=O) groups excluding carboxylic acids is 1. The highest BCUT2D eigenvalue weighted by Gasteiger charge is 2.14. The van der Waals surface area contributed by atoms with Crippen LogP contribution in [0.4, 0.5) is 0 Å². The molecule has 0 aromatic carbocycles. The molecule has 1 unspecified atom stereocenters. The third-order valence-electron chi connectivity index (χ3n) is 2.57. The maximum absolute atomic E-state index is 11.9. The van der Waals surface area contributed by atoms with Crippen molar-refractivity contribution >= 4 is 17.2 Å². The number of aromatic nitrogens is 1. The maximum atomic E-state index is 11.9. The van der Waals surface area contributed by atoms with Gasteiger partial charge in [-0.3, -0.25) is 4.79 Å². The van der Waals surface area contributed by atoms with E-state index < -0.39 is 6.10 Å². The predicted octanol–water partition coefficient (Wildman–Crippen LogP) is 2.15. The summed E-state index contributed by atoms with van der Waals surface area (Å²) in [7, 11) is 0. The number of hydrogen-bond acceptors (Lipinski definition) is 5. The fraction of sp³-hybridized carbons (Fsp3) is 0.385. The van der Waals surface area contributed by atoms with Crippen molar-refractivity contribution in [3.05, 3.63) is 40.2 Å². The molecule has 1 amide bonds. The zero-order chi connectivity index (χ0) is 13.7. The lowest BCUT2D eigenvalue weighted by Gasteiger charge is -2.08. The van der Waals surface area contributed by atoms with Crippen LogP contribution in [0, 0.1) is 0 Å². The number of hydrogen-bond donors (Lipinski definition) is 2. The summed E-state index contributed by atoms with van der Waals surface area (Å²) in [5, 5.41) is 13.4. The standard InChI is InChI=1S/C13H16N2O3S/c1-2-4-12-14-8-11(19-12)13(17)15-7-9(16)10-5-3-6-18-10/h3,5-6,8-9,16H,2,4,7H2,1H3,(H,15,17). The minimum Gasteiger partial charge on any atom is -0.467 e. The molecule has 102 valence electrons. The van der Waals surface area contributed by atoms with Gasteiger partial charge in [0.1, 0.15) is 16.7 Å². The Labute approximate surface area is 115 Å². The van der Waals surface area contributed by atoms with Gasteiger partial charge in [-0.05, 0) is 25.0 Å². The van der Waals surface area contributed by atoms with E-state index in [0.29, 0.717) is 10.6 Å². The molecule has 2 aromatic heterocycles. The van der Waals surface area contributed by atoms with E-state index in [2.05, 4.69) is 17.2 Å². The molecule has 0 bridgehead atoms. The number of amides is 1. The van der Waals surface area contributed by atoms with E-state index in [1.807, 2.05) is 0 Å². The summed E-state index contributed by atoms with van der Waals surface area (Å²) in [6.45, 7) is 2.19. The second kappa shape index (κ2) is 6.49. The van der Waals surface area contributed by atoms with Crippen LogP contribution in [0.3, 0.4) is 0 Å². The highest BCUT2D eigenvalue weighted by molar-refractivity contribution is 7.13. The van der Waals surface area contributed by atoms with Gasteiger partial charge in [-0.2, -0.15) is 0 Å². The number of nitrogens with zero attached hydrogens (tertiary/aromatic N) is 1. The summed E-state index contributed by atoms with van der Waals surface area (Å²) < 4.78 is 5.06. The van der Waals surface area contributed by atoms with Crippen LogP contribution in [0.2, 0.25) is 0 Å². The molecular formula is C13H16N2O3S. The molecule has 2 rings (SSSR count). The van der Waals surface area contributed by atoms with Crippen LogP contribution in [0.15, 0.2) is 29.0 Å². The first-order chi connectivity index (χ1) is 9.20. The Morgan fingerprint density at radius 2 is 2.47 bits per heavy atom. The van der Waals surface area contributed by atoms with E-state index in [1.54, 1.807) is 18.3 Å². The predicted molar refractivity (Wildman–Crippen MR) is 72.1 cm³/mol. The van der Waals surface area contributed by atoms with Crippen molar-refractivity contribution in [3.63, 3.8) is 0 Å². The molecule has 0 aliphatic rings. The molecular weight excluding hydrogens is 264 g/mol. The third-order valence-corrected chi connectivity index (χ3v) is 3.62. The van der Waals surface area contributed by atoms with E-state index in [9.17, 15) is 9.90 Å². The zero-order valence-electron chi connectivity index (χ0n) is 10.6. The minimum absolute atomic E-state index is 0.118. The van der Waals surface area contributed by atoms with Crippen molar-refractivity contribution in [2.45, 2.75) is 25.9 Å². The van der Waals surface area contributed by atoms with Gasteiger partial charge in [0.2, 0.25) is 0 Å². The highest BCUT2D eigenvalue weighted by atomic mass is 32.1. The lowest BCUT2D eigenvalue weighted by Crippen LogP contribution is -2.27. The summed E-state index contributed by atoms with van der Waals surface area (Å²) in [4.78, 5) is 16.6. The third kappa shape index (κ3) is 3.65. The molecule has 0 saturated carbocycles. The van der Waals surface area contributed by atoms with Gasteiger partial charge in [-0.15, -0.1) is 11.3 Å². The average molecular weight is 280 g/mol. The number of thiazole rings is 1. The first-order valence-corrected chi connectivity index (χ1v) is 6.96. The van der Waals surface area contributed by atoms with Gasteiger partial charge in [0.05, 0.1) is 24.0 Å². The Morgan fingerprint density at radius 3 is 3.16 bits per heavy atom. The van der Waals surface area contributed by atoms with Gasteiger partial charge in [0.25, 0.3) is 5.91 Å². The molecule has 5 nitrogen and oxygen atoms in total. The first-order valence-electron chi connectivity index (χ1n) is 6.15. The van der Waals surface area contributed by atoms with E-state index in [1.165, 1.54) is 17.6 Å². The summed E-state index contributed by atoms with van der Waals surface area (Å²) in [5.74, 6) is 0.224. The molecule has 0 spiro atoms. The monoisotopic (exact) mass is 280 g/mol. The van der Waals surface area contributed by atoms with Crippen molar-refractivity contribution in [2.24, 2.45) is 0 Å². The Morgan fingerprint density at radius 1 is 1.63 bits per heavy atom. The van der Waals surface area contributed by atoms with Crippen LogP contribution in [0.25, 0.3) is 0 Å². The van der Waals surface area contributed by atoms with Crippen LogP contribution in [-0.2, 0) is 6.42 Å².